The second-order valence-corrected chi connectivity index (χ2v) is 2.76. The Bertz CT molecular complexity index is 182. The van der Waals surface area contributed by atoms with E-state index in [4.69, 9.17) is 10.5 Å². The summed E-state index contributed by atoms with van der Waals surface area (Å²) in [7, 11) is 1.74. The van der Waals surface area contributed by atoms with E-state index < -0.39 is 0 Å². The molecular weight excluding hydrogens is 172 g/mol. The number of hydrogen-bond acceptors (Lipinski definition) is 4. The summed E-state index contributed by atoms with van der Waals surface area (Å²) in [6.45, 7) is 2.80. The minimum Gasteiger partial charge on any atom is -0.465 e. The summed E-state index contributed by atoms with van der Waals surface area (Å²) in [6.07, 6.45) is 0.260. The Morgan fingerprint density at radius 1 is 1.46 bits per heavy atom. The van der Waals surface area contributed by atoms with Crippen LogP contribution in [0.15, 0.2) is 0 Å². The van der Waals surface area contributed by atoms with Crippen molar-refractivity contribution in [3.8, 4) is 0 Å². The highest BCUT2D eigenvalue weighted by Crippen LogP contribution is 1.88. The van der Waals surface area contributed by atoms with Gasteiger partial charge in [-0.15, -0.1) is 0 Å². The molecule has 76 valence electrons. The maximum Gasteiger partial charge on any atom is 0.320 e. The van der Waals surface area contributed by atoms with Gasteiger partial charge >= 0.3 is 5.97 Å². The molecule has 0 atom stereocenters. The van der Waals surface area contributed by atoms with Crippen LogP contribution in [0, 0.1) is 0 Å². The summed E-state index contributed by atoms with van der Waals surface area (Å²) in [5.74, 6) is -0.648. The highest BCUT2D eigenvalue weighted by atomic mass is 16.5. The molecule has 0 aliphatic carbocycles. The lowest BCUT2D eigenvalue weighted by atomic mass is 10.4. The van der Waals surface area contributed by atoms with Crippen molar-refractivity contribution < 1.29 is 14.3 Å². The number of esters is 1. The molecule has 0 bridgehead atoms. The maximum absolute atomic E-state index is 10.9. The van der Waals surface area contributed by atoms with Crippen LogP contribution >= 0.6 is 0 Å². The molecule has 0 aliphatic heterocycles. The highest BCUT2D eigenvalue weighted by Gasteiger charge is 2.07. The third kappa shape index (κ3) is 7.27. The van der Waals surface area contributed by atoms with E-state index >= 15 is 0 Å². The normalized spacial score (nSPS) is 10.1. The monoisotopic (exact) mass is 188 g/mol. The number of carbonyl (C=O) groups is 2. The van der Waals surface area contributed by atoms with Crippen molar-refractivity contribution in [2.45, 2.75) is 13.3 Å². The van der Waals surface area contributed by atoms with Crippen molar-refractivity contribution in [3.05, 3.63) is 0 Å². The van der Waals surface area contributed by atoms with Crippen LogP contribution in [0.3, 0.4) is 0 Å². The predicted molar refractivity (Wildman–Crippen MR) is 47.9 cm³/mol. The number of likely N-dealkylation sites (N-methyl/N-ethyl adjacent to an activating group) is 1. The molecule has 0 heterocycles. The average molecular weight is 188 g/mol. The lowest BCUT2D eigenvalue weighted by Gasteiger charge is -2.13. The quantitative estimate of drug-likeness (QED) is 0.562. The van der Waals surface area contributed by atoms with Crippen molar-refractivity contribution in [2.24, 2.45) is 5.73 Å². The zero-order valence-corrected chi connectivity index (χ0v) is 8.08. The van der Waals surface area contributed by atoms with Gasteiger partial charge in [-0.05, 0) is 14.0 Å². The fourth-order valence-electron chi connectivity index (χ4n) is 0.807. The zero-order chi connectivity index (χ0) is 10.3. The summed E-state index contributed by atoms with van der Waals surface area (Å²) >= 11 is 0. The molecule has 0 radical (unpaired) electrons. The maximum atomic E-state index is 10.9. The number of nitrogens with zero attached hydrogens (tertiary/aromatic N) is 1. The van der Waals surface area contributed by atoms with E-state index in [2.05, 4.69) is 0 Å². The van der Waals surface area contributed by atoms with Crippen LogP contribution in [0.1, 0.15) is 13.3 Å². The van der Waals surface area contributed by atoms with Gasteiger partial charge in [0.15, 0.2) is 0 Å². The lowest BCUT2D eigenvalue weighted by molar-refractivity contribution is -0.144. The van der Waals surface area contributed by atoms with Crippen LogP contribution in [0.5, 0.6) is 0 Å². The van der Waals surface area contributed by atoms with Crippen LogP contribution in [-0.2, 0) is 14.3 Å². The van der Waals surface area contributed by atoms with Gasteiger partial charge in [0.1, 0.15) is 0 Å². The summed E-state index contributed by atoms with van der Waals surface area (Å²) < 4.78 is 4.72. The van der Waals surface area contributed by atoms with Crippen molar-refractivity contribution in [2.75, 3.05) is 26.7 Å². The van der Waals surface area contributed by atoms with E-state index in [1.807, 2.05) is 0 Å². The van der Waals surface area contributed by atoms with Gasteiger partial charge in [-0.2, -0.15) is 0 Å². The van der Waals surface area contributed by atoms with Gasteiger partial charge in [0, 0.05) is 13.0 Å². The van der Waals surface area contributed by atoms with Crippen molar-refractivity contribution in [3.63, 3.8) is 0 Å². The van der Waals surface area contributed by atoms with Gasteiger partial charge in [-0.3, -0.25) is 14.5 Å². The molecule has 2 N–H and O–H groups in total. The number of primary amides is 1. The third-order valence-corrected chi connectivity index (χ3v) is 1.44. The van der Waals surface area contributed by atoms with Crippen LogP contribution in [0.4, 0.5) is 0 Å². The van der Waals surface area contributed by atoms with Crippen LogP contribution < -0.4 is 5.73 Å². The smallest absolute Gasteiger partial charge is 0.320 e. The summed E-state index contributed by atoms with van der Waals surface area (Å²) in [5.41, 5.74) is 4.95. The summed E-state index contributed by atoms with van der Waals surface area (Å²) in [4.78, 5) is 23.0. The fourth-order valence-corrected chi connectivity index (χ4v) is 0.807. The van der Waals surface area contributed by atoms with Gasteiger partial charge in [0.25, 0.3) is 0 Å². The minimum atomic E-state index is -0.365. The molecule has 0 aromatic carbocycles. The molecule has 5 nitrogen and oxygen atoms in total. The van der Waals surface area contributed by atoms with Gasteiger partial charge in [-0.25, -0.2) is 0 Å². The summed E-state index contributed by atoms with van der Waals surface area (Å²) in [6, 6.07) is 0. The predicted octanol–water partition coefficient (Wildman–Crippen LogP) is -0.643. The molecule has 0 aromatic rings. The number of carbonyl (C=O) groups excluding carboxylic acids is 2. The number of amides is 1. The SMILES string of the molecule is CCOC(=O)CN(C)CCC(N)=O. The van der Waals surface area contributed by atoms with Gasteiger partial charge in [0.05, 0.1) is 13.2 Å². The molecule has 0 aromatic heterocycles. The number of nitrogens with two attached hydrogens (primary N) is 1. The molecule has 0 unspecified atom stereocenters. The minimum absolute atomic E-state index is 0.196. The van der Waals surface area contributed by atoms with Crippen molar-refractivity contribution in [1.29, 1.82) is 0 Å². The fraction of sp³-hybridized carbons (Fsp3) is 0.750. The number of ether oxygens (including phenoxy) is 1. The molecular formula is C8H16N2O3. The Hall–Kier alpha value is -1.10. The van der Waals surface area contributed by atoms with Gasteiger partial charge < -0.3 is 10.5 Å². The molecule has 1 amide bonds. The van der Waals surface area contributed by atoms with E-state index in [1.54, 1.807) is 18.9 Å². The topological polar surface area (TPSA) is 72.6 Å². The van der Waals surface area contributed by atoms with Gasteiger partial charge in [0.2, 0.25) is 5.91 Å². The Labute approximate surface area is 77.8 Å². The molecule has 0 saturated heterocycles. The Kier molecular flexibility index (Phi) is 5.88. The number of rotatable bonds is 6. The van der Waals surface area contributed by atoms with E-state index in [-0.39, 0.29) is 24.8 Å². The van der Waals surface area contributed by atoms with Crippen molar-refractivity contribution in [1.82, 2.24) is 4.90 Å². The van der Waals surface area contributed by atoms with Crippen LogP contribution in [-0.4, -0.2) is 43.5 Å². The molecule has 0 spiro atoms. The molecule has 0 fully saturated rings. The van der Waals surface area contributed by atoms with Crippen molar-refractivity contribution >= 4 is 11.9 Å². The van der Waals surface area contributed by atoms with E-state index in [0.717, 1.165) is 0 Å². The Morgan fingerprint density at radius 2 is 2.08 bits per heavy atom. The van der Waals surface area contributed by atoms with E-state index in [1.165, 1.54) is 0 Å². The first-order chi connectivity index (χ1) is 6.06. The molecule has 13 heavy (non-hydrogen) atoms. The second-order valence-electron chi connectivity index (χ2n) is 2.76. The molecule has 0 rings (SSSR count). The second kappa shape index (κ2) is 6.42. The standard InChI is InChI=1S/C8H16N2O3/c1-3-13-8(12)6-10(2)5-4-7(9)11/h3-6H2,1-2H3,(H2,9,11). The van der Waals surface area contributed by atoms with E-state index in [9.17, 15) is 9.59 Å². The lowest BCUT2D eigenvalue weighted by Crippen LogP contribution is -2.30. The Morgan fingerprint density at radius 3 is 2.54 bits per heavy atom. The first-order valence-corrected chi connectivity index (χ1v) is 4.18. The first-order valence-electron chi connectivity index (χ1n) is 4.18. The van der Waals surface area contributed by atoms with E-state index in [0.29, 0.717) is 13.2 Å². The Balaban J connectivity index is 3.55. The molecule has 5 heteroatoms. The molecule has 0 aliphatic rings. The first kappa shape index (κ1) is 11.9. The zero-order valence-electron chi connectivity index (χ0n) is 8.08. The highest BCUT2D eigenvalue weighted by molar-refractivity contribution is 5.74. The third-order valence-electron chi connectivity index (χ3n) is 1.44. The largest absolute Gasteiger partial charge is 0.465 e. The van der Waals surface area contributed by atoms with Crippen LogP contribution in [0.2, 0.25) is 0 Å². The average Bonchev–Trinajstić information content (AvgIpc) is 2.01. The summed E-state index contributed by atoms with van der Waals surface area (Å²) in [5, 5.41) is 0. The van der Waals surface area contributed by atoms with Crippen LogP contribution in [0.25, 0.3) is 0 Å². The number of hydrogen-bond donors (Lipinski definition) is 1. The molecule has 0 saturated carbocycles. The van der Waals surface area contributed by atoms with Gasteiger partial charge in [-0.1, -0.05) is 0 Å².